The second-order valence-electron chi connectivity index (χ2n) is 4.74. The molecule has 1 aromatic rings. The van der Waals surface area contributed by atoms with Gasteiger partial charge in [0.25, 0.3) is 0 Å². The summed E-state index contributed by atoms with van der Waals surface area (Å²) in [7, 11) is 0. The van der Waals surface area contributed by atoms with E-state index in [0.717, 1.165) is 12.2 Å². The van der Waals surface area contributed by atoms with Gasteiger partial charge in [0.15, 0.2) is 0 Å². The fourth-order valence-electron chi connectivity index (χ4n) is 2.18. The van der Waals surface area contributed by atoms with Crippen molar-refractivity contribution in [3.8, 4) is 0 Å². The lowest BCUT2D eigenvalue weighted by Gasteiger charge is -2.29. The first kappa shape index (κ1) is 13.4. The molecule has 102 valence electrons. The average Bonchev–Trinajstić information content (AvgIpc) is 2.82. The summed E-state index contributed by atoms with van der Waals surface area (Å²) in [6.07, 6.45) is 4.42. The molecule has 1 aromatic heterocycles. The van der Waals surface area contributed by atoms with Gasteiger partial charge in [0.05, 0.1) is 5.92 Å². The van der Waals surface area contributed by atoms with Crippen LogP contribution in [0.5, 0.6) is 0 Å². The van der Waals surface area contributed by atoms with Crippen molar-refractivity contribution in [2.75, 3.05) is 13.1 Å². The van der Waals surface area contributed by atoms with E-state index in [1.165, 1.54) is 6.08 Å². The number of likely N-dealkylation sites (tertiary alicyclic amines) is 1. The van der Waals surface area contributed by atoms with E-state index in [0.29, 0.717) is 18.7 Å². The monoisotopic (exact) mass is 263 g/mol. The van der Waals surface area contributed by atoms with E-state index in [2.05, 4.69) is 0 Å². The van der Waals surface area contributed by atoms with Gasteiger partial charge in [-0.15, -0.1) is 0 Å². The molecule has 1 N–H and O–H groups in total. The van der Waals surface area contributed by atoms with Gasteiger partial charge in [-0.2, -0.15) is 0 Å². The van der Waals surface area contributed by atoms with Gasteiger partial charge >= 0.3 is 5.97 Å². The summed E-state index contributed by atoms with van der Waals surface area (Å²) >= 11 is 0. The Labute approximate surface area is 111 Å². The molecule has 1 saturated heterocycles. The molecule has 1 fully saturated rings. The number of hydrogen-bond donors (Lipinski definition) is 1. The maximum atomic E-state index is 12.0. The standard InChI is InChI=1S/C14H17NO4/c1-10-4-5-12(19-10)6-7-13(16)15-8-2-3-11(9-15)14(17)18/h4-7,11H,2-3,8-9H2,1H3,(H,17,18). The van der Waals surface area contributed by atoms with Crippen LogP contribution >= 0.6 is 0 Å². The minimum atomic E-state index is -0.830. The molecule has 1 amide bonds. The number of carbonyl (C=O) groups is 2. The van der Waals surface area contributed by atoms with Gasteiger partial charge in [-0.25, -0.2) is 0 Å². The molecule has 0 aliphatic carbocycles. The van der Waals surface area contributed by atoms with E-state index in [-0.39, 0.29) is 12.5 Å². The van der Waals surface area contributed by atoms with Gasteiger partial charge < -0.3 is 14.4 Å². The van der Waals surface area contributed by atoms with Crippen molar-refractivity contribution in [3.05, 3.63) is 29.7 Å². The van der Waals surface area contributed by atoms with Crippen LogP contribution in [0.3, 0.4) is 0 Å². The predicted octanol–water partition coefficient (Wildman–Crippen LogP) is 1.92. The second-order valence-corrected chi connectivity index (χ2v) is 4.74. The van der Waals surface area contributed by atoms with E-state index in [9.17, 15) is 9.59 Å². The van der Waals surface area contributed by atoms with Gasteiger partial charge in [0.2, 0.25) is 5.91 Å². The highest BCUT2D eigenvalue weighted by atomic mass is 16.4. The van der Waals surface area contributed by atoms with Gasteiger partial charge in [-0.05, 0) is 38.0 Å². The highest BCUT2D eigenvalue weighted by molar-refractivity contribution is 5.91. The summed E-state index contributed by atoms with van der Waals surface area (Å²) in [6.45, 7) is 2.74. The third-order valence-electron chi connectivity index (χ3n) is 3.23. The number of carbonyl (C=O) groups excluding carboxylic acids is 1. The van der Waals surface area contributed by atoms with E-state index < -0.39 is 11.9 Å². The zero-order valence-corrected chi connectivity index (χ0v) is 10.8. The van der Waals surface area contributed by atoms with Crippen molar-refractivity contribution in [2.24, 2.45) is 5.92 Å². The largest absolute Gasteiger partial charge is 0.481 e. The molecule has 5 nitrogen and oxygen atoms in total. The molecule has 2 heterocycles. The molecule has 19 heavy (non-hydrogen) atoms. The van der Waals surface area contributed by atoms with Gasteiger partial charge in [0.1, 0.15) is 11.5 Å². The Morgan fingerprint density at radius 2 is 2.26 bits per heavy atom. The molecule has 1 aliphatic heterocycles. The van der Waals surface area contributed by atoms with Crippen LogP contribution < -0.4 is 0 Å². The summed E-state index contributed by atoms with van der Waals surface area (Å²) in [6, 6.07) is 3.61. The molecule has 5 heteroatoms. The van der Waals surface area contributed by atoms with Crippen molar-refractivity contribution in [3.63, 3.8) is 0 Å². The number of aryl methyl sites for hydroxylation is 1. The third-order valence-corrected chi connectivity index (χ3v) is 3.23. The number of carboxylic acid groups (broad SMARTS) is 1. The van der Waals surface area contributed by atoms with Crippen LogP contribution in [0.25, 0.3) is 6.08 Å². The quantitative estimate of drug-likeness (QED) is 0.846. The van der Waals surface area contributed by atoms with E-state index >= 15 is 0 Å². The van der Waals surface area contributed by atoms with Crippen molar-refractivity contribution in [2.45, 2.75) is 19.8 Å². The average molecular weight is 263 g/mol. The second kappa shape index (κ2) is 5.73. The van der Waals surface area contributed by atoms with Gasteiger partial charge in [-0.3, -0.25) is 9.59 Å². The Morgan fingerprint density at radius 3 is 2.89 bits per heavy atom. The lowest BCUT2D eigenvalue weighted by Crippen LogP contribution is -2.41. The number of furan rings is 1. The van der Waals surface area contributed by atoms with Crippen molar-refractivity contribution in [1.82, 2.24) is 4.90 Å². The summed E-state index contributed by atoms with van der Waals surface area (Å²) in [4.78, 5) is 24.5. The number of piperidine rings is 1. The minimum Gasteiger partial charge on any atom is -0.481 e. The molecule has 1 atom stereocenters. The van der Waals surface area contributed by atoms with E-state index in [1.54, 1.807) is 17.0 Å². The van der Waals surface area contributed by atoms with Crippen LogP contribution in [0.2, 0.25) is 0 Å². The Kier molecular flexibility index (Phi) is 4.04. The molecule has 0 radical (unpaired) electrons. The summed E-state index contributed by atoms with van der Waals surface area (Å²) in [5.41, 5.74) is 0. The van der Waals surface area contributed by atoms with Crippen molar-refractivity contribution < 1.29 is 19.1 Å². The van der Waals surface area contributed by atoms with Crippen molar-refractivity contribution >= 4 is 18.0 Å². The summed E-state index contributed by atoms with van der Waals surface area (Å²) in [5.74, 6) is -0.0336. The number of amides is 1. The zero-order valence-electron chi connectivity index (χ0n) is 10.8. The maximum Gasteiger partial charge on any atom is 0.308 e. The third kappa shape index (κ3) is 3.47. The van der Waals surface area contributed by atoms with Gasteiger partial charge in [0, 0.05) is 19.2 Å². The highest BCUT2D eigenvalue weighted by Crippen LogP contribution is 2.17. The lowest BCUT2D eigenvalue weighted by atomic mass is 9.98. The first-order chi connectivity index (χ1) is 9.06. The van der Waals surface area contributed by atoms with Crippen LogP contribution in [0.4, 0.5) is 0 Å². The molecule has 2 rings (SSSR count). The minimum absolute atomic E-state index is 0.167. The Bertz CT molecular complexity index is 503. The molecule has 0 saturated carbocycles. The molecular weight excluding hydrogens is 246 g/mol. The number of carboxylic acids is 1. The Morgan fingerprint density at radius 1 is 1.47 bits per heavy atom. The fraction of sp³-hybridized carbons (Fsp3) is 0.429. The molecule has 0 aromatic carbocycles. The maximum absolute atomic E-state index is 12.0. The summed E-state index contributed by atoms with van der Waals surface area (Å²) in [5, 5.41) is 8.98. The highest BCUT2D eigenvalue weighted by Gasteiger charge is 2.27. The van der Waals surface area contributed by atoms with Crippen LogP contribution in [0.15, 0.2) is 22.6 Å². The lowest BCUT2D eigenvalue weighted by molar-refractivity contribution is -0.144. The number of rotatable bonds is 3. The topological polar surface area (TPSA) is 70.8 Å². The van der Waals surface area contributed by atoms with Crippen LogP contribution in [0, 0.1) is 12.8 Å². The number of aliphatic carboxylic acids is 1. The smallest absolute Gasteiger partial charge is 0.308 e. The zero-order chi connectivity index (χ0) is 13.8. The SMILES string of the molecule is Cc1ccc(C=CC(=O)N2CCCC(C(=O)O)C2)o1. The molecule has 1 aliphatic rings. The van der Waals surface area contributed by atoms with E-state index in [4.69, 9.17) is 9.52 Å². The first-order valence-corrected chi connectivity index (χ1v) is 6.32. The molecular formula is C14H17NO4. The Hall–Kier alpha value is -2.04. The molecule has 0 spiro atoms. The van der Waals surface area contributed by atoms with Crippen LogP contribution in [0.1, 0.15) is 24.4 Å². The predicted molar refractivity (Wildman–Crippen MR) is 69.4 cm³/mol. The number of hydrogen-bond acceptors (Lipinski definition) is 3. The van der Waals surface area contributed by atoms with Crippen molar-refractivity contribution in [1.29, 1.82) is 0 Å². The summed E-state index contributed by atoms with van der Waals surface area (Å²) < 4.78 is 5.33. The normalized spacial score (nSPS) is 19.8. The van der Waals surface area contributed by atoms with Crippen LogP contribution in [-0.4, -0.2) is 35.0 Å². The van der Waals surface area contributed by atoms with Crippen LogP contribution in [-0.2, 0) is 9.59 Å². The Balaban J connectivity index is 1.96. The fourth-order valence-corrected chi connectivity index (χ4v) is 2.18. The number of nitrogens with zero attached hydrogens (tertiary/aromatic N) is 1. The first-order valence-electron chi connectivity index (χ1n) is 6.32. The van der Waals surface area contributed by atoms with Gasteiger partial charge in [-0.1, -0.05) is 0 Å². The molecule has 1 unspecified atom stereocenters. The molecule has 0 bridgehead atoms. The van der Waals surface area contributed by atoms with E-state index in [1.807, 2.05) is 13.0 Å².